The molecular weight excluding hydrogens is 314 g/mol. The maximum absolute atomic E-state index is 12.2. The van der Waals surface area contributed by atoms with Gasteiger partial charge in [-0.2, -0.15) is 0 Å². The van der Waals surface area contributed by atoms with Gasteiger partial charge in [-0.3, -0.25) is 0 Å². The molecule has 3 nitrogen and oxygen atoms in total. The summed E-state index contributed by atoms with van der Waals surface area (Å²) in [6.07, 6.45) is 3.46. The van der Waals surface area contributed by atoms with E-state index >= 15 is 0 Å². The number of hydrogen-bond acceptors (Lipinski definition) is 2. The van der Waals surface area contributed by atoms with Crippen LogP contribution in [0.2, 0.25) is 0 Å². The van der Waals surface area contributed by atoms with Crippen molar-refractivity contribution in [1.82, 2.24) is 4.72 Å². The van der Waals surface area contributed by atoms with E-state index in [0.29, 0.717) is 21.8 Å². The second-order valence-corrected chi connectivity index (χ2v) is 7.66. The molecule has 0 saturated heterocycles. The average Bonchev–Trinajstić information content (AvgIpc) is 2.73. The molecule has 0 heterocycles. The predicted octanol–water partition coefficient (Wildman–Crippen LogP) is 3.16. The van der Waals surface area contributed by atoms with Crippen LogP contribution in [-0.2, 0) is 10.0 Å². The molecule has 1 aliphatic carbocycles. The Morgan fingerprint density at radius 3 is 2.67 bits per heavy atom. The van der Waals surface area contributed by atoms with E-state index in [0.717, 1.165) is 18.8 Å². The van der Waals surface area contributed by atoms with Gasteiger partial charge in [0.05, 0.1) is 4.90 Å². The van der Waals surface area contributed by atoms with Crippen LogP contribution in [0.4, 0.5) is 0 Å². The van der Waals surface area contributed by atoms with Crippen LogP contribution in [0.25, 0.3) is 0 Å². The third-order valence-corrected chi connectivity index (χ3v) is 5.93. The van der Waals surface area contributed by atoms with Crippen LogP contribution >= 0.6 is 15.9 Å². The number of nitrogens with one attached hydrogen (secondary N) is 1. The van der Waals surface area contributed by atoms with E-state index in [9.17, 15) is 8.42 Å². The summed E-state index contributed by atoms with van der Waals surface area (Å²) in [5.74, 6) is 1.21. The summed E-state index contributed by atoms with van der Waals surface area (Å²) in [7, 11) is -3.39. The highest BCUT2D eigenvalue weighted by molar-refractivity contribution is 9.10. The number of sulfonamides is 1. The predicted molar refractivity (Wildman–Crippen MR) is 75.8 cm³/mol. The van der Waals surface area contributed by atoms with Crippen molar-refractivity contribution in [1.29, 1.82) is 0 Å². The van der Waals surface area contributed by atoms with Crippen molar-refractivity contribution >= 4 is 26.0 Å². The molecule has 0 amide bonds. The molecule has 1 fully saturated rings. The molecule has 0 aromatic heterocycles. The van der Waals surface area contributed by atoms with E-state index in [1.165, 1.54) is 6.42 Å². The highest BCUT2D eigenvalue weighted by atomic mass is 79.9. The third-order valence-electron chi connectivity index (χ3n) is 3.49. The molecule has 0 spiro atoms. The maximum atomic E-state index is 12.2. The van der Waals surface area contributed by atoms with Crippen LogP contribution in [0.15, 0.2) is 33.6 Å². The van der Waals surface area contributed by atoms with Gasteiger partial charge in [-0.15, -0.1) is 0 Å². The molecule has 100 valence electrons. The summed E-state index contributed by atoms with van der Waals surface area (Å²) < 4.78 is 27.6. The van der Waals surface area contributed by atoms with E-state index < -0.39 is 10.0 Å². The van der Waals surface area contributed by atoms with Crippen LogP contribution in [0.5, 0.6) is 0 Å². The Morgan fingerprint density at radius 1 is 1.33 bits per heavy atom. The first-order valence-electron chi connectivity index (χ1n) is 6.23. The van der Waals surface area contributed by atoms with Gasteiger partial charge in [-0.1, -0.05) is 25.5 Å². The van der Waals surface area contributed by atoms with E-state index in [4.69, 9.17) is 0 Å². The fraction of sp³-hybridized carbons (Fsp3) is 0.538. The Hall–Kier alpha value is -0.390. The lowest BCUT2D eigenvalue weighted by atomic mass is 10.1. The fourth-order valence-corrected chi connectivity index (χ4v) is 4.60. The van der Waals surface area contributed by atoms with Gasteiger partial charge in [0.15, 0.2) is 0 Å². The van der Waals surface area contributed by atoms with Gasteiger partial charge in [0, 0.05) is 11.0 Å². The van der Waals surface area contributed by atoms with Crippen LogP contribution in [0, 0.1) is 11.8 Å². The van der Waals surface area contributed by atoms with Gasteiger partial charge in [-0.05, 0) is 52.7 Å². The molecule has 1 aromatic carbocycles. The Bertz CT molecular complexity index is 515. The van der Waals surface area contributed by atoms with Crippen molar-refractivity contribution < 1.29 is 8.42 Å². The first-order chi connectivity index (χ1) is 8.49. The van der Waals surface area contributed by atoms with Crippen LogP contribution in [-0.4, -0.2) is 15.0 Å². The standard InChI is InChI=1S/C13H18BrNO2S/c1-10-6-7-11(8-10)9-15-18(16,17)13-5-3-2-4-12(13)14/h2-5,10-11,15H,6-9H2,1H3. The minimum atomic E-state index is -3.39. The Kier molecular flexibility index (Phi) is 4.45. The van der Waals surface area contributed by atoms with E-state index in [2.05, 4.69) is 27.6 Å². The van der Waals surface area contributed by atoms with Crippen molar-refractivity contribution in [2.24, 2.45) is 11.8 Å². The first-order valence-corrected chi connectivity index (χ1v) is 8.51. The summed E-state index contributed by atoms with van der Waals surface area (Å²) >= 11 is 3.28. The zero-order valence-corrected chi connectivity index (χ0v) is 12.8. The maximum Gasteiger partial charge on any atom is 0.241 e. The van der Waals surface area contributed by atoms with Gasteiger partial charge in [-0.25, -0.2) is 13.1 Å². The van der Waals surface area contributed by atoms with Gasteiger partial charge in [0.2, 0.25) is 10.0 Å². The smallest absolute Gasteiger partial charge is 0.211 e. The molecule has 1 N–H and O–H groups in total. The van der Waals surface area contributed by atoms with Crippen LogP contribution < -0.4 is 4.72 Å². The molecule has 2 rings (SSSR count). The van der Waals surface area contributed by atoms with Crippen LogP contribution in [0.3, 0.4) is 0 Å². The van der Waals surface area contributed by atoms with Crippen molar-refractivity contribution in [3.05, 3.63) is 28.7 Å². The summed E-state index contributed by atoms with van der Waals surface area (Å²) in [5.41, 5.74) is 0. The Labute approximate surface area is 117 Å². The molecule has 1 aromatic rings. The number of halogens is 1. The number of rotatable bonds is 4. The van der Waals surface area contributed by atoms with Crippen molar-refractivity contribution in [2.45, 2.75) is 31.1 Å². The molecule has 18 heavy (non-hydrogen) atoms. The molecule has 5 heteroatoms. The van der Waals surface area contributed by atoms with Gasteiger partial charge in [0.1, 0.15) is 0 Å². The molecular formula is C13H18BrNO2S. The lowest BCUT2D eigenvalue weighted by Gasteiger charge is -2.12. The zero-order chi connectivity index (χ0) is 13.2. The molecule has 0 bridgehead atoms. The van der Waals surface area contributed by atoms with Gasteiger partial charge < -0.3 is 0 Å². The largest absolute Gasteiger partial charge is 0.241 e. The topological polar surface area (TPSA) is 46.2 Å². The minimum Gasteiger partial charge on any atom is -0.211 e. The number of hydrogen-bond donors (Lipinski definition) is 1. The SMILES string of the molecule is CC1CCC(CNS(=O)(=O)c2ccccc2Br)C1. The molecule has 1 saturated carbocycles. The monoisotopic (exact) mass is 331 g/mol. The third kappa shape index (κ3) is 3.33. The number of benzene rings is 1. The van der Waals surface area contributed by atoms with Gasteiger partial charge >= 0.3 is 0 Å². The first kappa shape index (κ1) is 14.0. The Balaban J connectivity index is 2.02. The lowest BCUT2D eigenvalue weighted by molar-refractivity contribution is 0.498. The van der Waals surface area contributed by atoms with Crippen LogP contribution in [0.1, 0.15) is 26.2 Å². The quantitative estimate of drug-likeness (QED) is 0.921. The van der Waals surface area contributed by atoms with Crippen molar-refractivity contribution in [3.63, 3.8) is 0 Å². The molecule has 0 aliphatic heterocycles. The minimum absolute atomic E-state index is 0.316. The van der Waals surface area contributed by atoms with E-state index in [1.807, 2.05) is 6.07 Å². The normalized spacial score (nSPS) is 24.3. The van der Waals surface area contributed by atoms with Crippen molar-refractivity contribution in [2.75, 3.05) is 6.54 Å². The molecule has 1 aliphatic rings. The second-order valence-electron chi connectivity index (χ2n) is 5.07. The highest BCUT2D eigenvalue weighted by Crippen LogP contribution is 2.30. The summed E-state index contributed by atoms with van der Waals surface area (Å²) in [6, 6.07) is 6.90. The van der Waals surface area contributed by atoms with Crippen molar-refractivity contribution in [3.8, 4) is 0 Å². The lowest BCUT2D eigenvalue weighted by Crippen LogP contribution is -2.28. The van der Waals surface area contributed by atoms with Gasteiger partial charge in [0.25, 0.3) is 0 Å². The molecule has 0 radical (unpaired) electrons. The summed E-state index contributed by atoms with van der Waals surface area (Å²) in [4.78, 5) is 0.316. The summed E-state index contributed by atoms with van der Waals surface area (Å²) in [5, 5.41) is 0. The summed E-state index contributed by atoms with van der Waals surface area (Å²) in [6.45, 7) is 2.77. The second kappa shape index (κ2) is 5.72. The zero-order valence-electron chi connectivity index (χ0n) is 10.4. The van der Waals surface area contributed by atoms with E-state index in [-0.39, 0.29) is 0 Å². The molecule has 2 atom stereocenters. The Morgan fingerprint density at radius 2 is 2.06 bits per heavy atom. The average molecular weight is 332 g/mol. The highest BCUT2D eigenvalue weighted by Gasteiger charge is 2.24. The van der Waals surface area contributed by atoms with E-state index in [1.54, 1.807) is 18.2 Å². The fourth-order valence-electron chi connectivity index (χ4n) is 2.48. The molecule has 2 unspecified atom stereocenters.